The summed E-state index contributed by atoms with van der Waals surface area (Å²) in [6.45, 7) is 7.15. The van der Waals surface area contributed by atoms with Gasteiger partial charge in [0.25, 0.3) is 0 Å². The van der Waals surface area contributed by atoms with Gasteiger partial charge in [-0.3, -0.25) is 0 Å². The fourth-order valence-electron chi connectivity index (χ4n) is 3.39. The van der Waals surface area contributed by atoms with E-state index in [4.69, 9.17) is 0 Å². The van der Waals surface area contributed by atoms with Crippen molar-refractivity contribution in [3.05, 3.63) is 29.4 Å². The summed E-state index contributed by atoms with van der Waals surface area (Å²) < 4.78 is 3.35. The fourth-order valence-corrected chi connectivity index (χ4v) is 4.41. The number of nitrogens with zero attached hydrogens (tertiary/aromatic N) is 6. The fraction of sp³-hybridized carbons (Fsp3) is 0.500. The van der Waals surface area contributed by atoms with Gasteiger partial charge < -0.3 is 9.47 Å². The molecule has 3 aromatic heterocycles. The standard InChI is InChI=1S/C16H20N6S/c1-3-21-10-19-20-15(21)12-5-4-6-22(7-12)16-14-13(17-9-18-16)11(2)8-23-14/h8-10,12H,3-7H2,1-2H3/t12-/m0/s1. The maximum Gasteiger partial charge on any atom is 0.150 e. The molecule has 3 aromatic rings. The molecular weight excluding hydrogens is 308 g/mol. The summed E-state index contributed by atoms with van der Waals surface area (Å²) in [6.07, 6.45) is 5.83. The second kappa shape index (κ2) is 5.88. The van der Waals surface area contributed by atoms with Crippen molar-refractivity contribution in [1.29, 1.82) is 0 Å². The van der Waals surface area contributed by atoms with Crippen molar-refractivity contribution < 1.29 is 0 Å². The van der Waals surface area contributed by atoms with Crippen molar-refractivity contribution in [1.82, 2.24) is 24.7 Å². The van der Waals surface area contributed by atoms with Crippen LogP contribution in [0.3, 0.4) is 0 Å². The number of fused-ring (bicyclic) bond motifs is 1. The lowest BCUT2D eigenvalue weighted by Gasteiger charge is -2.33. The van der Waals surface area contributed by atoms with Gasteiger partial charge in [0.1, 0.15) is 24.3 Å². The van der Waals surface area contributed by atoms with Crippen LogP contribution in [0.15, 0.2) is 18.0 Å². The van der Waals surface area contributed by atoms with Gasteiger partial charge in [0.15, 0.2) is 0 Å². The van der Waals surface area contributed by atoms with E-state index in [9.17, 15) is 0 Å². The van der Waals surface area contributed by atoms with E-state index in [0.717, 1.165) is 49.6 Å². The molecular formula is C16H20N6S. The number of aryl methyl sites for hydroxylation is 2. The molecule has 120 valence electrons. The summed E-state index contributed by atoms with van der Waals surface area (Å²) in [6, 6.07) is 0. The van der Waals surface area contributed by atoms with Gasteiger partial charge in [0.2, 0.25) is 0 Å². The lowest BCUT2D eigenvalue weighted by atomic mass is 9.97. The van der Waals surface area contributed by atoms with Crippen molar-refractivity contribution in [3.63, 3.8) is 0 Å². The molecule has 4 heterocycles. The number of aromatic nitrogens is 5. The number of hydrogen-bond acceptors (Lipinski definition) is 6. The molecule has 0 aliphatic carbocycles. The Labute approximate surface area is 139 Å². The highest BCUT2D eigenvalue weighted by atomic mass is 32.1. The maximum absolute atomic E-state index is 4.58. The zero-order valence-electron chi connectivity index (χ0n) is 13.4. The molecule has 0 N–H and O–H groups in total. The van der Waals surface area contributed by atoms with Crippen LogP contribution in [-0.2, 0) is 6.54 Å². The molecule has 0 amide bonds. The molecule has 1 aliphatic heterocycles. The Bertz CT molecular complexity index is 823. The molecule has 0 bridgehead atoms. The molecule has 0 unspecified atom stereocenters. The Morgan fingerprint density at radius 3 is 3.13 bits per heavy atom. The van der Waals surface area contributed by atoms with E-state index < -0.39 is 0 Å². The monoisotopic (exact) mass is 328 g/mol. The Morgan fingerprint density at radius 2 is 2.26 bits per heavy atom. The average molecular weight is 328 g/mol. The molecule has 1 fully saturated rings. The van der Waals surface area contributed by atoms with Crippen molar-refractivity contribution in [3.8, 4) is 0 Å². The Hall–Kier alpha value is -2.02. The minimum atomic E-state index is 0.414. The molecule has 0 aromatic carbocycles. The maximum atomic E-state index is 4.58. The first-order valence-electron chi connectivity index (χ1n) is 8.09. The first-order valence-corrected chi connectivity index (χ1v) is 8.97. The van der Waals surface area contributed by atoms with Gasteiger partial charge in [-0.15, -0.1) is 21.5 Å². The summed E-state index contributed by atoms with van der Waals surface area (Å²) in [5, 5.41) is 10.6. The lowest BCUT2D eigenvalue weighted by Crippen LogP contribution is -2.36. The van der Waals surface area contributed by atoms with Gasteiger partial charge in [-0.25, -0.2) is 9.97 Å². The predicted octanol–water partition coefficient (Wildman–Crippen LogP) is 3.00. The van der Waals surface area contributed by atoms with Crippen LogP contribution in [0.5, 0.6) is 0 Å². The first kappa shape index (κ1) is 14.6. The topological polar surface area (TPSA) is 59.7 Å². The molecule has 6 nitrogen and oxygen atoms in total. The van der Waals surface area contributed by atoms with E-state index in [1.54, 1.807) is 17.7 Å². The molecule has 1 aliphatic rings. The van der Waals surface area contributed by atoms with Crippen LogP contribution in [-0.4, -0.2) is 37.8 Å². The molecule has 23 heavy (non-hydrogen) atoms. The first-order chi connectivity index (χ1) is 11.3. The normalized spacial score (nSPS) is 18.7. The summed E-state index contributed by atoms with van der Waals surface area (Å²) >= 11 is 1.74. The van der Waals surface area contributed by atoms with Crippen molar-refractivity contribution >= 4 is 27.4 Å². The molecule has 1 atom stereocenters. The molecule has 0 spiro atoms. The molecule has 4 rings (SSSR count). The summed E-state index contributed by atoms with van der Waals surface area (Å²) in [5.74, 6) is 2.59. The van der Waals surface area contributed by atoms with Crippen molar-refractivity contribution in [2.75, 3.05) is 18.0 Å². The molecule has 0 saturated carbocycles. The second-order valence-corrected chi connectivity index (χ2v) is 6.93. The van der Waals surface area contributed by atoms with Crippen molar-refractivity contribution in [2.24, 2.45) is 0 Å². The van der Waals surface area contributed by atoms with E-state index >= 15 is 0 Å². The third kappa shape index (κ3) is 2.49. The molecule has 1 saturated heterocycles. The highest BCUT2D eigenvalue weighted by Gasteiger charge is 2.27. The van der Waals surface area contributed by atoms with E-state index in [1.165, 1.54) is 10.3 Å². The highest BCUT2D eigenvalue weighted by molar-refractivity contribution is 7.18. The number of rotatable bonds is 3. The van der Waals surface area contributed by atoms with E-state index in [2.05, 4.69) is 48.9 Å². The van der Waals surface area contributed by atoms with Crippen LogP contribution in [0.25, 0.3) is 10.2 Å². The van der Waals surface area contributed by atoms with Crippen LogP contribution in [0, 0.1) is 6.92 Å². The van der Waals surface area contributed by atoms with Gasteiger partial charge >= 0.3 is 0 Å². The number of anilines is 1. The number of thiophene rings is 1. The average Bonchev–Trinajstić information content (AvgIpc) is 3.22. The highest BCUT2D eigenvalue weighted by Crippen LogP contribution is 2.34. The summed E-state index contributed by atoms with van der Waals surface area (Å²) in [4.78, 5) is 11.4. The van der Waals surface area contributed by atoms with Crippen LogP contribution in [0.1, 0.15) is 37.1 Å². The predicted molar refractivity (Wildman–Crippen MR) is 92.0 cm³/mol. The Kier molecular flexibility index (Phi) is 3.72. The minimum Gasteiger partial charge on any atom is -0.355 e. The van der Waals surface area contributed by atoms with Gasteiger partial charge in [-0.05, 0) is 37.6 Å². The summed E-state index contributed by atoms with van der Waals surface area (Å²) in [7, 11) is 0. The summed E-state index contributed by atoms with van der Waals surface area (Å²) in [5.41, 5.74) is 2.31. The zero-order chi connectivity index (χ0) is 15.8. The van der Waals surface area contributed by atoms with Gasteiger partial charge in [-0.1, -0.05) is 0 Å². The molecule has 7 heteroatoms. The van der Waals surface area contributed by atoms with E-state index in [0.29, 0.717) is 5.92 Å². The van der Waals surface area contributed by atoms with Crippen LogP contribution >= 0.6 is 11.3 Å². The van der Waals surface area contributed by atoms with Gasteiger partial charge in [-0.2, -0.15) is 0 Å². The van der Waals surface area contributed by atoms with E-state index in [-0.39, 0.29) is 0 Å². The smallest absolute Gasteiger partial charge is 0.150 e. The lowest BCUT2D eigenvalue weighted by molar-refractivity contribution is 0.472. The molecule has 0 radical (unpaired) electrons. The van der Waals surface area contributed by atoms with E-state index in [1.807, 2.05) is 6.33 Å². The quantitative estimate of drug-likeness (QED) is 0.740. The van der Waals surface area contributed by atoms with Crippen LogP contribution in [0.4, 0.5) is 5.82 Å². The number of piperidine rings is 1. The second-order valence-electron chi connectivity index (χ2n) is 6.05. The SMILES string of the molecule is CCn1cnnc1[C@H]1CCCN(c2ncnc3c(C)csc23)C1. The third-order valence-electron chi connectivity index (χ3n) is 4.58. The number of hydrogen-bond donors (Lipinski definition) is 0. The van der Waals surface area contributed by atoms with Gasteiger partial charge in [0, 0.05) is 25.6 Å². The zero-order valence-corrected chi connectivity index (χ0v) is 14.3. The van der Waals surface area contributed by atoms with Crippen LogP contribution in [0.2, 0.25) is 0 Å². The van der Waals surface area contributed by atoms with Gasteiger partial charge in [0.05, 0.1) is 10.2 Å². The third-order valence-corrected chi connectivity index (χ3v) is 5.67. The Morgan fingerprint density at radius 1 is 1.35 bits per heavy atom. The Balaban J connectivity index is 1.66. The van der Waals surface area contributed by atoms with Crippen LogP contribution < -0.4 is 4.90 Å². The largest absolute Gasteiger partial charge is 0.355 e. The minimum absolute atomic E-state index is 0.414. The van der Waals surface area contributed by atoms with Crippen molar-refractivity contribution in [2.45, 2.75) is 39.2 Å².